The minimum atomic E-state index is 0. The summed E-state index contributed by atoms with van der Waals surface area (Å²) in [6, 6.07) is 10.9. The van der Waals surface area contributed by atoms with Gasteiger partial charge in [-0.25, -0.2) is 0 Å². The molecule has 0 aliphatic rings. The first-order valence-electron chi connectivity index (χ1n) is 2.33. The van der Waals surface area contributed by atoms with Gasteiger partial charge in [-0.3, -0.25) is 0 Å². The second-order valence-electron chi connectivity index (χ2n) is 1.55. The Labute approximate surface area is 62.7 Å². The van der Waals surface area contributed by atoms with Gasteiger partial charge in [0.2, 0.25) is 0 Å². The van der Waals surface area contributed by atoms with Crippen molar-refractivity contribution >= 4 is 0 Å². The molecule has 1 heteroatoms. The van der Waals surface area contributed by atoms with Gasteiger partial charge >= 0.3 is 0 Å². The van der Waals surface area contributed by atoms with Gasteiger partial charge in [0, 0.05) is 19.5 Å². The van der Waals surface area contributed by atoms with E-state index in [2.05, 4.69) is 6.07 Å². The fraction of sp³-hybridized carbons (Fsp3) is 0.143. The van der Waals surface area contributed by atoms with Gasteiger partial charge in [-0.15, -0.1) is 0 Å². The average Bonchev–Trinajstić information content (AvgIpc) is 1.69. The Morgan fingerprint density at radius 3 is 2.38 bits per heavy atom. The van der Waals surface area contributed by atoms with Crippen molar-refractivity contribution in [1.82, 2.24) is 0 Å². The zero-order valence-electron chi connectivity index (χ0n) is 5.02. The van der Waals surface area contributed by atoms with Gasteiger partial charge in [0.05, 0.1) is 0 Å². The molecule has 0 spiro atoms. The quantitative estimate of drug-likeness (QED) is 0.397. The third-order valence-electron chi connectivity index (χ3n) is 0.865. The Morgan fingerprint density at radius 2 is 2.12 bits per heavy atom. The summed E-state index contributed by atoms with van der Waals surface area (Å²) < 4.78 is 0. The summed E-state index contributed by atoms with van der Waals surface area (Å²) in [5.41, 5.74) is 1.20. The number of hydrogen-bond acceptors (Lipinski definition) is 0. The Bertz CT molecular complexity index is 134. The third kappa shape index (κ3) is 2.23. The molecule has 1 aromatic rings. The molecule has 0 bridgehead atoms. The normalized spacial score (nSPS) is 7.62. The van der Waals surface area contributed by atoms with Crippen LogP contribution in [0.3, 0.4) is 0 Å². The molecule has 0 saturated heterocycles. The fourth-order valence-electron chi connectivity index (χ4n) is 0.483. The molecule has 0 radical (unpaired) electrons. The van der Waals surface area contributed by atoms with Crippen LogP contribution in [0.4, 0.5) is 0 Å². The molecular formula is C7H7Zn-. The van der Waals surface area contributed by atoms with E-state index in [4.69, 9.17) is 0 Å². The van der Waals surface area contributed by atoms with Crippen molar-refractivity contribution in [3.63, 3.8) is 0 Å². The third-order valence-corrected chi connectivity index (χ3v) is 0.865. The summed E-state index contributed by atoms with van der Waals surface area (Å²) in [5.74, 6) is 0. The van der Waals surface area contributed by atoms with Crippen LogP contribution in [0.15, 0.2) is 24.3 Å². The first-order chi connectivity index (χ1) is 3.39. The molecule has 0 amide bonds. The largest absolute Gasteiger partial charge is 0.181 e. The van der Waals surface area contributed by atoms with E-state index in [9.17, 15) is 0 Å². The van der Waals surface area contributed by atoms with Crippen molar-refractivity contribution in [2.24, 2.45) is 0 Å². The van der Waals surface area contributed by atoms with E-state index in [1.165, 1.54) is 5.56 Å². The van der Waals surface area contributed by atoms with Crippen LogP contribution >= 0.6 is 0 Å². The first-order valence-corrected chi connectivity index (χ1v) is 2.33. The van der Waals surface area contributed by atoms with E-state index in [1.807, 2.05) is 31.2 Å². The molecule has 0 nitrogen and oxygen atoms in total. The van der Waals surface area contributed by atoms with Crippen molar-refractivity contribution in [1.29, 1.82) is 0 Å². The average molecular weight is 157 g/mol. The van der Waals surface area contributed by atoms with Crippen molar-refractivity contribution in [3.8, 4) is 0 Å². The van der Waals surface area contributed by atoms with Crippen molar-refractivity contribution in [2.75, 3.05) is 0 Å². The molecule has 0 unspecified atom stereocenters. The van der Waals surface area contributed by atoms with Crippen LogP contribution in [-0.4, -0.2) is 0 Å². The second kappa shape index (κ2) is 3.80. The van der Waals surface area contributed by atoms with E-state index < -0.39 is 0 Å². The van der Waals surface area contributed by atoms with Gasteiger partial charge in [0.1, 0.15) is 0 Å². The number of benzene rings is 1. The maximum absolute atomic E-state index is 3.03. The van der Waals surface area contributed by atoms with Crippen molar-refractivity contribution in [3.05, 3.63) is 35.9 Å². The van der Waals surface area contributed by atoms with E-state index in [1.54, 1.807) is 0 Å². The fourth-order valence-corrected chi connectivity index (χ4v) is 0.483. The minimum absolute atomic E-state index is 0. The molecule has 8 heavy (non-hydrogen) atoms. The molecule has 0 atom stereocenters. The summed E-state index contributed by atoms with van der Waals surface area (Å²) in [4.78, 5) is 0. The van der Waals surface area contributed by atoms with Gasteiger partial charge in [-0.1, -0.05) is 6.92 Å². The van der Waals surface area contributed by atoms with Gasteiger partial charge < -0.3 is 0 Å². The summed E-state index contributed by atoms with van der Waals surface area (Å²) in [5, 5.41) is 0. The monoisotopic (exact) mass is 155 g/mol. The van der Waals surface area contributed by atoms with E-state index in [0.29, 0.717) is 0 Å². The minimum Gasteiger partial charge on any atom is -0.181 e. The first kappa shape index (κ1) is 7.84. The van der Waals surface area contributed by atoms with Crippen LogP contribution in [0, 0.1) is 13.0 Å². The SMILES string of the molecule is Cc1[c-]cccc1.[Zn]. The molecule has 0 N–H and O–H groups in total. The molecular weight excluding hydrogens is 149 g/mol. The molecule has 1 rings (SSSR count). The summed E-state index contributed by atoms with van der Waals surface area (Å²) in [6.45, 7) is 2.03. The predicted octanol–water partition coefficient (Wildman–Crippen LogP) is 1.79. The maximum atomic E-state index is 3.03. The molecule has 1 aromatic carbocycles. The van der Waals surface area contributed by atoms with Crippen molar-refractivity contribution < 1.29 is 19.5 Å². The molecule has 38 valence electrons. The molecule has 0 heterocycles. The van der Waals surface area contributed by atoms with Crippen molar-refractivity contribution in [2.45, 2.75) is 6.92 Å². The van der Waals surface area contributed by atoms with E-state index >= 15 is 0 Å². The summed E-state index contributed by atoms with van der Waals surface area (Å²) >= 11 is 0. The van der Waals surface area contributed by atoms with E-state index in [-0.39, 0.29) is 19.5 Å². The van der Waals surface area contributed by atoms with Crippen LogP contribution in [0.2, 0.25) is 0 Å². The molecule has 0 saturated carbocycles. The molecule has 0 fully saturated rings. The van der Waals surface area contributed by atoms with Gasteiger partial charge in [0.15, 0.2) is 0 Å². The van der Waals surface area contributed by atoms with E-state index in [0.717, 1.165) is 0 Å². The maximum Gasteiger partial charge on any atom is 0 e. The smallest absolute Gasteiger partial charge is 0 e. The zero-order chi connectivity index (χ0) is 5.11. The Balaban J connectivity index is 0.000000490. The molecule has 0 aliphatic carbocycles. The summed E-state index contributed by atoms with van der Waals surface area (Å²) in [6.07, 6.45) is 0. The topological polar surface area (TPSA) is 0 Å². The second-order valence-corrected chi connectivity index (χ2v) is 1.55. The zero-order valence-corrected chi connectivity index (χ0v) is 7.98. The van der Waals surface area contributed by atoms with Gasteiger partial charge in [-0.05, 0) is 0 Å². The number of rotatable bonds is 0. The van der Waals surface area contributed by atoms with Gasteiger partial charge in [-0.2, -0.15) is 35.9 Å². The van der Waals surface area contributed by atoms with Crippen LogP contribution in [0.25, 0.3) is 0 Å². The predicted molar refractivity (Wildman–Crippen MR) is 30.0 cm³/mol. The molecule has 0 aromatic heterocycles. The Hall–Kier alpha value is -0.157. The molecule has 0 aliphatic heterocycles. The van der Waals surface area contributed by atoms with Crippen LogP contribution in [0.5, 0.6) is 0 Å². The Kier molecular flexibility index (Phi) is 3.72. The van der Waals surface area contributed by atoms with Crippen LogP contribution in [0.1, 0.15) is 5.56 Å². The van der Waals surface area contributed by atoms with Crippen LogP contribution < -0.4 is 0 Å². The standard InChI is InChI=1S/C7H7.Zn/c1-7-5-3-2-4-6-7;/h2-5H,1H3;/q-1;. The Morgan fingerprint density at radius 1 is 1.38 bits per heavy atom. The van der Waals surface area contributed by atoms with Crippen LogP contribution in [-0.2, 0) is 19.5 Å². The summed E-state index contributed by atoms with van der Waals surface area (Å²) in [7, 11) is 0. The number of aryl methyl sites for hydroxylation is 1. The number of hydrogen-bond donors (Lipinski definition) is 0. The van der Waals surface area contributed by atoms with Gasteiger partial charge in [0.25, 0.3) is 0 Å².